The summed E-state index contributed by atoms with van der Waals surface area (Å²) < 4.78 is 0. The number of rotatable bonds is 2. The lowest BCUT2D eigenvalue weighted by atomic mass is 10.0. The van der Waals surface area contributed by atoms with E-state index in [0.717, 1.165) is 25.8 Å². The molecule has 0 aliphatic carbocycles. The summed E-state index contributed by atoms with van der Waals surface area (Å²) in [5.41, 5.74) is 0.571. The van der Waals surface area contributed by atoms with Crippen LogP contribution >= 0.6 is 11.6 Å². The van der Waals surface area contributed by atoms with E-state index >= 15 is 0 Å². The number of hydrogen-bond acceptors (Lipinski definition) is 3. The number of hydrogen-bond donors (Lipinski definition) is 2. The van der Waals surface area contributed by atoms with Gasteiger partial charge in [0, 0.05) is 6.20 Å². The monoisotopic (exact) mass is 239 g/mol. The molecule has 2 N–H and O–H groups in total. The molecule has 2 heterocycles. The lowest BCUT2D eigenvalue weighted by Crippen LogP contribution is -2.43. The highest BCUT2D eigenvalue weighted by atomic mass is 35.5. The van der Waals surface area contributed by atoms with Crippen molar-refractivity contribution in [3.05, 3.63) is 23.5 Å². The molecule has 1 aliphatic heterocycles. The van der Waals surface area contributed by atoms with E-state index in [1.54, 1.807) is 18.3 Å². The van der Waals surface area contributed by atoms with Gasteiger partial charge in [0.25, 0.3) is 0 Å². The highest BCUT2D eigenvalue weighted by Gasteiger charge is 2.20. The number of anilines is 1. The SMILES string of the molecule is O=C(Nc1cccnc1Cl)C1CCCCN1. The van der Waals surface area contributed by atoms with E-state index in [2.05, 4.69) is 15.6 Å². The summed E-state index contributed by atoms with van der Waals surface area (Å²) >= 11 is 5.86. The van der Waals surface area contributed by atoms with Gasteiger partial charge in [-0.1, -0.05) is 18.0 Å². The van der Waals surface area contributed by atoms with Crippen molar-refractivity contribution in [1.29, 1.82) is 0 Å². The average molecular weight is 240 g/mol. The van der Waals surface area contributed by atoms with Gasteiger partial charge in [0.05, 0.1) is 11.7 Å². The van der Waals surface area contributed by atoms with E-state index < -0.39 is 0 Å². The molecule has 1 saturated heterocycles. The molecule has 1 aromatic rings. The predicted octanol–water partition coefficient (Wildman–Crippen LogP) is 1.82. The van der Waals surface area contributed by atoms with Gasteiger partial charge >= 0.3 is 0 Å². The van der Waals surface area contributed by atoms with E-state index in [9.17, 15) is 4.79 Å². The first kappa shape index (κ1) is 11.4. The summed E-state index contributed by atoms with van der Waals surface area (Å²) in [6, 6.07) is 3.39. The first-order chi connectivity index (χ1) is 7.77. The maximum absolute atomic E-state index is 11.9. The third-order valence-electron chi connectivity index (χ3n) is 2.64. The van der Waals surface area contributed by atoms with Gasteiger partial charge in [-0.3, -0.25) is 4.79 Å². The van der Waals surface area contributed by atoms with Crippen molar-refractivity contribution in [3.8, 4) is 0 Å². The Morgan fingerprint density at radius 2 is 2.44 bits per heavy atom. The van der Waals surface area contributed by atoms with Gasteiger partial charge in [-0.25, -0.2) is 4.98 Å². The third kappa shape index (κ3) is 2.71. The second-order valence-corrected chi connectivity index (χ2v) is 4.19. The number of aromatic nitrogens is 1. The predicted molar refractivity (Wildman–Crippen MR) is 63.5 cm³/mol. The Morgan fingerprint density at radius 1 is 1.56 bits per heavy atom. The quantitative estimate of drug-likeness (QED) is 0.774. The van der Waals surface area contributed by atoms with E-state index in [4.69, 9.17) is 11.6 Å². The van der Waals surface area contributed by atoms with Crippen LogP contribution in [0.5, 0.6) is 0 Å². The summed E-state index contributed by atoms with van der Waals surface area (Å²) in [6.45, 7) is 0.902. The Hall–Kier alpha value is -1.13. The number of halogens is 1. The number of nitrogens with zero attached hydrogens (tertiary/aromatic N) is 1. The fourth-order valence-corrected chi connectivity index (χ4v) is 1.94. The van der Waals surface area contributed by atoms with Crippen LogP contribution in [0.2, 0.25) is 5.15 Å². The van der Waals surface area contributed by atoms with Gasteiger partial charge < -0.3 is 10.6 Å². The Balaban J connectivity index is 1.99. The molecule has 0 aromatic carbocycles. The molecular weight excluding hydrogens is 226 g/mol. The smallest absolute Gasteiger partial charge is 0.241 e. The number of carbonyl (C=O) groups is 1. The number of amides is 1. The molecule has 1 atom stereocenters. The normalized spacial score (nSPS) is 20.4. The molecule has 0 bridgehead atoms. The number of piperidine rings is 1. The van der Waals surface area contributed by atoms with E-state index in [1.807, 2.05) is 0 Å². The minimum absolute atomic E-state index is 0.0328. The lowest BCUT2D eigenvalue weighted by Gasteiger charge is -2.22. The molecule has 1 unspecified atom stereocenters. The fourth-order valence-electron chi connectivity index (χ4n) is 1.77. The molecule has 0 spiro atoms. The van der Waals surface area contributed by atoms with Crippen LogP contribution in [-0.4, -0.2) is 23.5 Å². The van der Waals surface area contributed by atoms with Crippen LogP contribution in [0, 0.1) is 0 Å². The van der Waals surface area contributed by atoms with E-state index in [0.29, 0.717) is 10.8 Å². The second-order valence-electron chi connectivity index (χ2n) is 3.83. The van der Waals surface area contributed by atoms with Crippen molar-refractivity contribution >= 4 is 23.2 Å². The van der Waals surface area contributed by atoms with Crippen molar-refractivity contribution < 1.29 is 4.79 Å². The molecule has 1 fully saturated rings. The molecule has 16 heavy (non-hydrogen) atoms. The minimum atomic E-state index is -0.106. The largest absolute Gasteiger partial charge is 0.322 e. The van der Waals surface area contributed by atoms with Crippen LogP contribution in [0.25, 0.3) is 0 Å². The molecule has 86 valence electrons. The summed E-state index contributed by atoms with van der Waals surface area (Å²) in [7, 11) is 0. The minimum Gasteiger partial charge on any atom is -0.322 e. The van der Waals surface area contributed by atoms with Gasteiger partial charge in [-0.15, -0.1) is 0 Å². The molecule has 0 radical (unpaired) electrons. The van der Waals surface area contributed by atoms with Crippen molar-refractivity contribution in [2.75, 3.05) is 11.9 Å². The number of pyridine rings is 1. The van der Waals surface area contributed by atoms with Crippen LogP contribution in [0.15, 0.2) is 18.3 Å². The zero-order chi connectivity index (χ0) is 11.4. The zero-order valence-electron chi connectivity index (χ0n) is 8.87. The third-order valence-corrected chi connectivity index (χ3v) is 2.94. The van der Waals surface area contributed by atoms with Crippen LogP contribution in [-0.2, 0) is 4.79 Å². The summed E-state index contributed by atoms with van der Waals surface area (Å²) in [5, 5.41) is 6.29. The molecule has 1 aromatic heterocycles. The van der Waals surface area contributed by atoms with Gasteiger partial charge in [0.1, 0.15) is 0 Å². The van der Waals surface area contributed by atoms with Crippen molar-refractivity contribution in [3.63, 3.8) is 0 Å². The van der Waals surface area contributed by atoms with Crippen molar-refractivity contribution in [2.45, 2.75) is 25.3 Å². The molecule has 1 aliphatic rings. The lowest BCUT2D eigenvalue weighted by molar-refractivity contribution is -0.118. The van der Waals surface area contributed by atoms with Gasteiger partial charge in [-0.05, 0) is 31.5 Å². The van der Waals surface area contributed by atoms with Crippen LogP contribution in [0.1, 0.15) is 19.3 Å². The zero-order valence-corrected chi connectivity index (χ0v) is 9.63. The van der Waals surface area contributed by atoms with E-state index in [-0.39, 0.29) is 11.9 Å². The van der Waals surface area contributed by atoms with E-state index in [1.165, 1.54) is 0 Å². The Labute approximate surface area is 99.4 Å². The van der Waals surface area contributed by atoms with Crippen LogP contribution < -0.4 is 10.6 Å². The molecule has 2 rings (SSSR count). The highest BCUT2D eigenvalue weighted by molar-refractivity contribution is 6.32. The summed E-state index contributed by atoms with van der Waals surface area (Å²) in [6.07, 6.45) is 4.70. The Kier molecular flexibility index (Phi) is 3.74. The number of nitrogens with one attached hydrogen (secondary N) is 2. The Morgan fingerprint density at radius 3 is 3.12 bits per heavy atom. The highest BCUT2D eigenvalue weighted by Crippen LogP contribution is 2.18. The summed E-state index contributed by atoms with van der Waals surface area (Å²) in [5.74, 6) is -0.0328. The molecular formula is C11H14ClN3O. The van der Waals surface area contributed by atoms with Crippen LogP contribution in [0.4, 0.5) is 5.69 Å². The average Bonchev–Trinajstić information content (AvgIpc) is 2.33. The molecule has 1 amide bonds. The second kappa shape index (κ2) is 5.27. The van der Waals surface area contributed by atoms with Gasteiger partial charge in [0.2, 0.25) is 5.91 Å². The topological polar surface area (TPSA) is 54.0 Å². The molecule has 5 heteroatoms. The molecule has 4 nitrogen and oxygen atoms in total. The summed E-state index contributed by atoms with van der Waals surface area (Å²) in [4.78, 5) is 15.8. The number of carbonyl (C=O) groups excluding carboxylic acids is 1. The first-order valence-corrected chi connectivity index (χ1v) is 5.80. The maximum Gasteiger partial charge on any atom is 0.241 e. The van der Waals surface area contributed by atoms with Gasteiger partial charge in [-0.2, -0.15) is 0 Å². The van der Waals surface area contributed by atoms with Gasteiger partial charge in [0.15, 0.2) is 5.15 Å². The van der Waals surface area contributed by atoms with Crippen molar-refractivity contribution in [1.82, 2.24) is 10.3 Å². The standard InChI is InChI=1S/C11H14ClN3O/c12-10-8(5-3-7-14-10)15-11(16)9-4-1-2-6-13-9/h3,5,7,9,13H,1-2,4,6H2,(H,15,16). The molecule has 0 saturated carbocycles. The Bertz CT molecular complexity index is 377. The van der Waals surface area contributed by atoms with Crippen molar-refractivity contribution in [2.24, 2.45) is 0 Å². The maximum atomic E-state index is 11.9. The van der Waals surface area contributed by atoms with Crippen LogP contribution in [0.3, 0.4) is 0 Å². The first-order valence-electron chi connectivity index (χ1n) is 5.42. The fraction of sp³-hybridized carbons (Fsp3) is 0.455.